The van der Waals surface area contributed by atoms with Crippen molar-refractivity contribution in [1.82, 2.24) is 4.90 Å². The second-order valence-electron chi connectivity index (χ2n) is 6.33. The number of hydrogen-bond acceptors (Lipinski definition) is 3. The largest absolute Gasteiger partial charge is 0.481 e. The predicted octanol–water partition coefficient (Wildman–Crippen LogP) is 0.991. The number of nitrogens with two attached hydrogens (primary N) is 1. The van der Waals surface area contributed by atoms with E-state index in [4.69, 9.17) is 10.8 Å². The molecule has 2 fully saturated rings. The molecule has 6 heteroatoms. The van der Waals surface area contributed by atoms with Crippen molar-refractivity contribution < 1.29 is 19.5 Å². The predicted molar refractivity (Wildman–Crippen MR) is 76.2 cm³/mol. The highest BCUT2D eigenvalue weighted by molar-refractivity contribution is 5.79. The standard InChI is InChI=1S/C15H24N2O4/c16-13(18)9-10-5-7-17(8-6-10)14(19)11-1-3-12(4-2-11)15(20)21/h10-12H,1-9H2,(H2,16,18)(H,20,21). The molecule has 118 valence electrons. The Kier molecular flexibility index (Phi) is 5.20. The lowest BCUT2D eigenvalue weighted by Gasteiger charge is -2.35. The van der Waals surface area contributed by atoms with Crippen LogP contribution in [0.5, 0.6) is 0 Å². The summed E-state index contributed by atoms with van der Waals surface area (Å²) in [5, 5.41) is 8.98. The highest BCUT2D eigenvalue weighted by atomic mass is 16.4. The normalized spacial score (nSPS) is 27.3. The Balaban J connectivity index is 1.77. The van der Waals surface area contributed by atoms with Gasteiger partial charge in [0.15, 0.2) is 0 Å². The van der Waals surface area contributed by atoms with Gasteiger partial charge in [-0.15, -0.1) is 0 Å². The van der Waals surface area contributed by atoms with Crippen LogP contribution in [0.4, 0.5) is 0 Å². The van der Waals surface area contributed by atoms with E-state index in [0.29, 0.717) is 51.1 Å². The van der Waals surface area contributed by atoms with Gasteiger partial charge in [0.1, 0.15) is 0 Å². The van der Waals surface area contributed by atoms with E-state index >= 15 is 0 Å². The Hall–Kier alpha value is -1.59. The molecular weight excluding hydrogens is 272 g/mol. The van der Waals surface area contributed by atoms with Gasteiger partial charge in [-0.25, -0.2) is 0 Å². The summed E-state index contributed by atoms with van der Waals surface area (Å²) in [6.07, 6.45) is 4.63. The molecule has 0 unspecified atom stereocenters. The third-order valence-electron chi connectivity index (χ3n) is 4.84. The van der Waals surface area contributed by atoms with Gasteiger partial charge in [0, 0.05) is 25.4 Å². The van der Waals surface area contributed by atoms with Gasteiger partial charge >= 0.3 is 5.97 Å². The van der Waals surface area contributed by atoms with Crippen molar-refractivity contribution in [3.63, 3.8) is 0 Å². The maximum atomic E-state index is 12.4. The summed E-state index contributed by atoms with van der Waals surface area (Å²) in [6, 6.07) is 0. The van der Waals surface area contributed by atoms with E-state index in [0.717, 1.165) is 12.8 Å². The summed E-state index contributed by atoms with van der Waals surface area (Å²) in [5.74, 6) is -0.853. The van der Waals surface area contributed by atoms with E-state index in [1.807, 2.05) is 4.90 Å². The van der Waals surface area contributed by atoms with E-state index in [1.165, 1.54) is 0 Å². The van der Waals surface area contributed by atoms with E-state index in [1.54, 1.807) is 0 Å². The second-order valence-corrected chi connectivity index (χ2v) is 6.33. The van der Waals surface area contributed by atoms with Gasteiger partial charge in [-0.3, -0.25) is 14.4 Å². The number of rotatable bonds is 4. The summed E-state index contributed by atoms with van der Waals surface area (Å²) in [4.78, 5) is 36.2. The fraction of sp³-hybridized carbons (Fsp3) is 0.800. The zero-order valence-corrected chi connectivity index (χ0v) is 12.3. The molecule has 0 aromatic heterocycles. The molecule has 2 amide bonds. The number of amides is 2. The number of nitrogens with zero attached hydrogens (tertiary/aromatic N) is 1. The van der Waals surface area contributed by atoms with E-state index in [-0.39, 0.29) is 23.7 Å². The molecule has 6 nitrogen and oxygen atoms in total. The Morgan fingerprint density at radius 1 is 0.952 bits per heavy atom. The first-order chi connectivity index (χ1) is 9.97. The number of carboxylic acids is 1. The Bertz CT molecular complexity index is 408. The van der Waals surface area contributed by atoms with Crippen LogP contribution in [0, 0.1) is 17.8 Å². The average Bonchev–Trinajstić information content (AvgIpc) is 2.47. The van der Waals surface area contributed by atoms with Gasteiger partial charge in [-0.05, 0) is 44.4 Å². The SMILES string of the molecule is NC(=O)CC1CCN(C(=O)C2CCC(C(=O)O)CC2)CC1. The molecule has 2 aliphatic rings. The van der Waals surface area contributed by atoms with E-state index < -0.39 is 5.97 Å². The molecule has 0 spiro atoms. The maximum Gasteiger partial charge on any atom is 0.306 e. The van der Waals surface area contributed by atoms with Crippen molar-refractivity contribution in [1.29, 1.82) is 0 Å². The number of aliphatic carboxylic acids is 1. The van der Waals surface area contributed by atoms with Crippen LogP contribution < -0.4 is 5.73 Å². The smallest absolute Gasteiger partial charge is 0.306 e. The van der Waals surface area contributed by atoms with Crippen LogP contribution in [-0.2, 0) is 14.4 Å². The van der Waals surface area contributed by atoms with Gasteiger partial charge in [-0.2, -0.15) is 0 Å². The zero-order chi connectivity index (χ0) is 15.4. The number of carbonyl (C=O) groups excluding carboxylic acids is 2. The van der Waals surface area contributed by atoms with Crippen molar-refractivity contribution in [2.24, 2.45) is 23.5 Å². The lowest BCUT2D eigenvalue weighted by Crippen LogP contribution is -2.43. The third-order valence-corrected chi connectivity index (χ3v) is 4.84. The molecule has 1 saturated heterocycles. The minimum atomic E-state index is -0.742. The van der Waals surface area contributed by atoms with Crippen molar-refractivity contribution in [2.75, 3.05) is 13.1 Å². The van der Waals surface area contributed by atoms with Crippen LogP contribution in [0.3, 0.4) is 0 Å². The number of carboxylic acid groups (broad SMARTS) is 1. The molecule has 0 radical (unpaired) electrons. The first kappa shape index (κ1) is 15.8. The number of piperidine rings is 1. The molecule has 21 heavy (non-hydrogen) atoms. The Morgan fingerprint density at radius 3 is 1.95 bits per heavy atom. The second kappa shape index (κ2) is 6.91. The molecule has 1 saturated carbocycles. The number of likely N-dealkylation sites (tertiary alicyclic amines) is 1. The van der Waals surface area contributed by atoms with Crippen molar-refractivity contribution >= 4 is 17.8 Å². The van der Waals surface area contributed by atoms with Gasteiger partial charge in [0.05, 0.1) is 5.92 Å². The average molecular weight is 296 g/mol. The third kappa shape index (κ3) is 4.19. The summed E-state index contributed by atoms with van der Waals surface area (Å²) in [7, 11) is 0. The van der Waals surface area contributed by atoms with Crippen LogP contribution >= 0.6 is 0 Å². The Morgan fingerprint density at radius 2 is 1.48 bits per heavy atom. The van der Waals surface area contributed by atoms with E-state index in [2.05, 4.69) is 0 Å². The van der Waals surface area contributed by atoms with Crippen LogP contribution in [-0.4, -0.2) is 40.9 Å². The van der Waals surface area contributed by atoms with Gasteiger partial charge < -0.3 is 15.7 Å². The highest BCUT2D eigenvalue weighted by Crippen LogP contribution is 2.31. The summed E-state index contributed by atoms with van der Waals surface area (Å²) in [6.45, 7) is 1.38. The molecule has 0 aromatic carbocycles. The number of carbonyl (C=O) groups is 3. The van der Waals surface area contributed by atoms with E-state index in [9.17, 15) is 14.4 Å². The Labute approximate surface area is 124 Å². The molecular formula is C15H24N2O4. The number of primary amides is 1. The minimum absolute atomic E-state index is 0.0201. The number of hydrogen-bond donors (Lipinski definition) is 2. The van der Waals surface area contributed by atoms with Crippen molar-refractivity contribution in [3.8, 4) is 0 Å². The fourth-order valence-corrected chi connectivity index (χ4v) is 3.49. The topological polar surface area (TPSA) is 101 Å². The van der Waals surface area contributed by atoms with Gasteiger partial charge in [0.2, 0.25) is 11.8 Å². The zero-order valence-electron chi connectivity index (χ0n) is 12.3. The maximum absolute atomic E-state index is 12.4. The summed E-state index contributed by atoms with van der Waals surface area (Å²) >= 11 is 0. The molecule has 1 aliphatic carbocycles. The van der Waals surface area contributed by atoms with Crippen LogP contribution in [0.2, 0.25) is 0 Å². The van der Waals surface area contributed by atoms with Crippen molar-refractivity contribution in [3.05, 3.63) is 0 Å². The lowest BCUT2D eigenvalue weighted by atomic mass is 9.81. The van der Waals surface area contributed by atoms with Gasteiger partial charge in [-0.1, -0.05) is 0 Å². The molecule has 3 N–H and O–H groups in total. The first-order valence-corrected chi connectivity index (χ1v) is 7.77. The molecule has 1 heterocycles. The lowest BCUT2D eigenvalue weighted by molar-refractivity contribution is -0.146. The monoisotopic (exact) mass is 296 g/mol. The minimum Gasteiger partial charge on any atom is -0.481 e. The molecule has 2 rings (SSSR count). The van der Waals surface area contributed by atoms with Crippen molar-refractivity contribution in [2.45, 2.75) is 44.9 Å². The van der Waals surface area contributed by atoms with Crippen LogP contribution in [0.25, 0.3) is 0 Å². The molecule has 0 aromatic rings. The fourth-order valence-electron chi connectivity index (χ4n) is 3.49. The molecule has 0 atom stereocenters. The summed E-state index contributed by atoms with van der Waals surface area (Å²) in [5.41, 5.74) is 5.20. The van der Waals surface area contributed by atoms with Crippen LogP contribution in [0.15, 0.2) is 0 Å². The van der Waals surface area contributed by atoms with Gasteiger partial charge in [0.25, 0.3) is 0 Å². The highest BCUT2D eigenvalue weighted by Gasteiger charge is 2.33. The summed E-state index contributed by atoms with van der Waals surface area (Å²) < 4.78 is 0. The first-order valence-electron chi connectivity index (χ1n) is 7.77. The van der Waals surface area contributed by atoms with Crippen LogP contribution in [0.1, 0.15) is 44.9 Å². The molecule has 0 bridgehead atoms. The molecule has 1 aliphatic heterocycles. The quantitative estimate of drug-likeness (QED) is 0.807.